The predicted molar refractivity (Wildman–Crippen MR) is 119 cm³/mol. The van der Waals surface area contributed by atoms with Crippen LogP contribution in [-0.4, -0.2) is 57.9 Å². The normalized spacial score (nSPS) is 16.9. The van der Waals surface area contributed by atoms with E-state index in [0.29, 0.717) is 25.3 Å². The van der Waals surface area contributed by atoms with Gasteiger partial charge in [0.25, 0.3) is 5.91 Å². The molecule has 1 fully saturated rings. The average molecular weight is 453 g/mol. The van der Waals surface area contributed by atoms with E-state index in [2.05, 4.69) is 11.4 Å². The molecule has 4 rings (SSSR count). The fraction of sp³-hybridized carbons (Fsp3) is 0.417. The van der Waals surface area contributed by atoms with Gasteiger partial charge in [0.05, 0.1) is 24.3 Å². The van der Waals surface area contributed by atoms with Crippen molar-refractivity contribution in [2.45, 2.75) is 25.6 Å². The van der Waals surface area contributed by atoms with E-state index in [4.69, 9.17) is 23.7 Å². The molecule has 2 aliphatic rings. The van der Waals surface area contributed by atoms with Crippen LogP contribution in [0, 0.1) is 11.3 Å². The summed E-state index contributed by atoms with van der Waals surface area (Å²) in [5, 5.41) is 13.0. The molecule has 0 spiro atoms. The van der Waals surface area contributed by atoms with Gasteiger partial charge in [-0.3, -0.25) is 4.79 Å². The number of hydrogen-bond acceptors (Lipinski definition) is 8. The molecule has 1 atom stereocenters. The van der Waals surface area contributed by atoms with E-state index < -0.39 is 0 Å². The summed E-state index contributed by atoms with van der Waals surface area (Å²) in [5.74, 6) is 0.192. The molecule has 0 saturated carbocycles. The second-order valence-electron chi connectivity index (χ2n) is 7.87. The molecular weight excluding hydrogens is 426 g/mol. The smallest absolute Gasteiger partial charge is 0.262 e. The molecule has 1 amide bonds. The Bertz CT molecular complexity index is 1020. The number of benzene rings is 2. The lowest BCUT2D eigenvalue weighted by Crippen LogP contribution is -2.27. The van der Waals surface area contributed by atoms with Crippen molar-refractivity contribution in [3.8, 4) is 17.6 Å². The van der Waals surface area contributed by atoms with E-state index in [1.807, 2.05) is 18.2 Å². The van der Waals surface area contributed by atoms with Gasteiger partial charge in [-0.1, -0.05) is 12.1 Å². The van der Waals surface area contributed by atoms with Gasteiger partial charge in [-0.2, -0.15) is 5.26 Å². The summed E-state index contributed by atoms with van der Waals surface area (Å²) in [6, 6.07) is 11.4. The standard InChI is InChI=1S/C24H27N3O6/c1-29-14-32-21-8-16(10-25)9-22(33-15-30-2)23(21)24(28)27-11-17-4-3-5-20(19(17)12-27)26-18-6-7-31-13-18/h3-5,8-9,18,26H,6-7,11-15H2,1-2H3/t18-/m1/s1. The van der Waals surface area contributed by atoms with Crippen LogP contribution in [0.25, 0.3) is 0 Å². The second-order valence-corrected chi connectivity index (χ2v) is 7.87. The molecule has 9 heteroatoms. The molecule has 2 aliphatic heterocycles. The highest BCUT2D eigenvalue weighted by atomic mass is 16.7. The lowest BCUT2D eigenvalue weighted by atomic mass is 10.1. The number of nitriles is 1. The van der Waals surface area contributed by atoms with Crippen molar-refractivity contribution in [1.82, 2.24) is 4.90 Å². The van der Waals surface area contributed by atoms with Crippen LogP contribution in [0.1, 0.15) is 33.5 Å². The fourth-order valence-electron chi connectivity index (χ4n) is 4.06. The molecule has 0 unspecified atom stereocenters. The molecule has 33 heavy (non-hydrogen) atoms. The first kappa shape index (κ1) is 22.9. The first-order valence-electron chi connectivity index (χ1n) is 10.7. The van der Waals surface area contributed by atoms with E-state index in [0.717, 1.165) is 29.8 Å². The van der Waals surface area contributed by atoms with Crippen LogP contribution in [-0.2, 0) is 27.3 Å². The van der Waals surface area contributed by atoms with Crippen molar-refractivity contribution >= 4 is 11.6 Å². The number of hydrogen-bond donors (Lipinski definition) is 1. The summed E-state index contributed by atoms with van der Waals surface area (Å²) in [5.41, 5.74) is 3.72. The minimum atomic E-state index is -0.261. The van der Waals surface area contributed by atoms with Crippen LogP contribution in [0.15, 0.2) is 30.3 Å². The second kappa shape index (κ2) is 10.5. The van der Waals surface area contributed by atoms with Crippen molar-refractivity contribution in [2.75, 3.05) is 46.3 Å². The Labute approximate surface area is 192 Å². The van der Waals surface area contributed by atoms with Crippen LogP contribution >= 0.6 is 0 Å². The van der Waals surface area contributed by atoms with Gasteiger partial charge in [-0.05, 0) is 35.7 Å². The van der Waals surface area contributed by atoms with Gasteiger partial charge in [-0.25, -0.2) is 0 Å². The summed E-state index contributed by atoms with van der Waals surface area (Å²) in [7, 11) is 2.97. The maximum absolute atomic E-state index is 13.7. The number of fused-ring (bicyclic) bond motifs is 1. The van der Waals surface area contributed by atoms with Crippen LogP contribution in [0.2, 0.25) is 0 Å². The number of rotatable bonds is 9. The minimum absolute atomic E-state index is 0.0728. The number of ether oxygens (including phenoxy) is 5. The Morgan fingerprint density at radius 1 is 1.18 bits per heavy atom. The SMILES string of the molecule is COCOc1cc(C#N)cc(OCOC)c1C(=O)N1Cc2cccc(N[C@@H]3CCOC3)c2C1. The zero-order valence-corrected chi connectivity index (χ0v) is 18.8. The molecule has 174 valence electrons. The number of nitrogens with one attached hydrogen (secondary N) is 1. The van der Waals surface area contributed by atoms with Gasteiger partial charge in [-0.15, -0.1) is 0 Å². The maximum atomic E-state index is 13.7. The maximum Gasteiger partial charge on any atom is 0.262 e. The van der Waals surface area contributed by atoms with Crippen molar-refractivity contribution in [3.05, 3.63) is 52.6 Å². The van der Waals surface area contributed by atoms with E-state index >= 15 is 0 Å². The van der Waals surface area contributed by atoms with E-state index in [-0.39, 0.29) is 42.6 Å². The summed E-state index contributed by atoms with van der Waals surface area (Å²) < 4.78 is 26.8. The zero-order valence-electron chi connectivity index (χ0n) is 18.8. The molecule has 2 aromatic rings. The lowest BCUT2D eigenvalue weighted by molar-refractivity contribution is 0.0426. The Balaban J connectivity index is 1.63. The minimum Gasteiger partial charge on any atom is -0.467 e. The molecule has 9 nitrogen and oxygen atoms in total. The van der Waals surface area contributed by atoms with E-state index in [1.165, 1.54) is 26.4 Å². The largest absolute Gasteiger partial charge is 0.467 e. The third-order valence-electron chi connectivity index (χ3n) is 5.63. The highest BCUT2D eigenvalue weighted by Crippen LogP contribution is 2.36. The van der Waals surface area contributed by atoms with Crippen LogP contribution in [0.4, 0.5) is 5.69 Å². The fourth-order valence-corrected chi connectivity index (χ4v) is 4.06. The molecular formula is C24H27N3O6. The van der Waals surface area contributed by atoms with E-state index in [1.54, 1.807) is 4.90 Å². The van der Waals surface area contributed by atoms with Crippen LogP contribution in [0.5, 0.6) is 11.5 Å². The number of nitrogens with zero attached hydrogens (tertiary/aromatic N) is 2. The van der Waals surface area contributed by atoms with Gasteiger partial charge in [0.1, 0.15) is 17.1 Å². The highest BCUT2D eigenvalue weighted by Gasteiger charge is 2.31. The topological polar surface area (TPSA) is 102 Å². The third kappa shape index (κ3) is 5.03. The first-order chi connectivity index (χ1) is 16.1. The number of carbonyl (C=O) groups excluding carboxylic acids is 1. The Kier molecular flexibility index (Phi) is 7.29. The first-order valence-corrected chi connectivity index (χ1v) is 10.7. The van der Waals surface area contributed by atoms with E-state index in [9.17, 15) is 10.1 Å². The van der Waals surface area contributed by atoms with Gasteiger partial charge >= 0.3 is 0 Å². The predicted octanol–water partition coefficient (Wildman–Crippen LogP) is 2.88. The van der Waals surface area contributed by atoms with Crippen molar-refractivity contribution in [3.63, 3.8) is 0 Å². The zero-order chi connectivity index (χ0) is 23.2. The quantitative estimate of drug-likeness (QED) is 0.579. The van der Waals surface area contributed by atoms with Crippen molar-refractivity contribution in [1.29, 1.82) is 5.26 Å². The summed E-state index contributed by atoms with van der Waals surface area (Å²) in [6.07, 6.45) is 0.956. The summed E-state index contributed by atoms with van der Waals surface area (Å²) >= 11 is 0. The average Bonchev–Trinajstić information content (AvgIpc) is 3.51. The molecule has 0 bridgehead atoms. The number of anilines is 1. The number of methoxy groups -OCH3 is 2. The Hall–Kier alpha value is -3.32. The Morgan fingerprint density at radius 3 is 2.52 bits per heavy atom. The van der Waals surface area contributed by atoms with Gasteiger partial charge in [0.2, 0.25) is 0 Å². The summed E-state index contributed by atoms with van der Waals surface area (Å²) in [6.45, 7) is 2.19. The monoisotopic (exact) mass is 453 g/mol. The van der Waals surface area contributed by atoms with Crippen molar-refractivity contribution in [2.24, 2.45) is 0 Å². The lowest BCUT2D eigenvalue weighted by Gasteiger charge is -2.21. The molecule has 0 aromatic heterocycles. The highest BCUT2D eigenvalue weighted by molar-refractivity contribution is 6.00. The number of amides is 1. The van der Waals surface area contributed by atoms with Gasteiger partial charge in [0.15, 0.2) is 13.6 Å². The van der Waals surface area contributed by atoms with Crippen molar-refractivity contribution < 1.29 is 28.5 Å². The molecule has 0 aliphatic carbocycles. The molecule has 1 N–H and O–H groups in total. The third-order valence-corrected chi connectivity index (χ3v) is 5.63. The van der Waals surface area contributed by atoms with Crippen LogP contribution < -0.4 is 14.8 Å². The number of carbonyl (C=O) groups is 1. The molecule has 2 heterocycles. The molecule has 2 aromatic carbocycles. The van der Waals surface area contributed by atoms with Gasteiger partial charge in [0, 0.05) is 39.6 Å². The van der Waals surface area contributed by atoms with Gasteiger partial charge < -0.3 is 33.9 Å². The summed E-state index contributed by atoms with van der Waals surface area (Å²) in [4.78, 5) is 15.4. The molecule has 0 radical (unpaired) electrons. The Morgan fingerprint density at radius 2 is 1.91 bits per heavy atom. The molecule has 1 saturated heterocycles. The van der Waals surface area contributed by atoms with Crippen LogP contribution in [0.3, 0.4) is 0 Å².